The van der Waals surface area contributed by atoms with E-state index in [2.05, 4.69) is 5.43 Å². The van der Waals surface area contributed by atoms with Crippen LogP contribution in [-0.4, -0.2) is 31.3 Å². The lowest BCUT2D eigenvalue weighted by atomic mass is 10.2. The second kappa shape index (κ2) is 5.34. The summed E-state index contributed by atoms with van der Waals surface area (Å²) in [5.41, 5.74) is 3.71. The van der Waals surface area contributed by atoms with Gasteiger partial charge in [0.1, 0.15) is 11.6 Å². The van der Waals surface area contributed by atoms with Crippen molar-refractivity contribution in [2.45, 2.75) is 6.54 Å². The lowest BCUT2D eigenvalue weighted by Crippen LogP contribution is -2.45. The maximum atomic E-state index is 12.9. The third-order valence-electron chi connectivity index (χ3n) is 2.44. The number of hydrogen-bond donors (Lipinski definition) is 1. The van der Waals surface area contributed by atoms with E-state index in [1.54, 1.807) is 0 Å². The van der Waals surface area contributed by atoms with E-state index in [0.717, 1.165) is 19.2 Å². The standard InChI is InChI=1S/C11H14F2N2O/c12-10-5-9(6-11(13)7-10)8-14-15-1-3-16-4-2-15/h5-7,14H,1-4,8H2. The van der Waals surface area contributed by atoms with Gasteiger partial charge in [-0.15, -0.1) is 0 Å². The van der Waals surface area contributed by atoms with Crippen molar-refractivity contribution < 1.29 is 13.5 Å². The van der Waals surface area contributed by atoms with Gasteiger partial charge < -0.3 is 4.74 Å². The zero-order valence-corrected chi connectivity index (χ0v) is 8.88. The molecule has 5 heteroatoms. The van der Waals surface area contributed by atoms with E-state index < -0.39 is 11.6 Å². The summed E-state index contributed by atoms with van der Waals surface area (Å²) < 4.78 is 31.0. The molecule has 0 amide bonds. The molecule has 1 fully saturated rings. The first-order valence-corrected chi connectivity index (χ1v) is 5.25. The van der Waals surface area contributed by atoms with Gasteiger partial charge in [0.25, 0.3) is 0 Å². The molecule has 1 saturated heterocycles. The first-order valence-electron chi connectivity index (χ1n) is 5.25. The Hall–Kier alpha value is -1.04. The second-order valence-electron chi connectivity index (χ2n) is 3.71. The van der Waals surface area contributed by atoms with Crippen LogP contribution in [0.3, 0.4) is 0 Å². The molecule has 1 heterocycles. The highest BCUT2D eigenvalue weighted by atomic mass is 19.1. The molecular weight excluding hydrogens is 214 g/mol. The van der Waals surface area contributed by atoms with Crippen molar-refractivity contribution in [3.8, 4) is 0 Å². The molecule has 1 aliphatic rings. The zero-order valence-electron chi connectivity index (χ0n) is 8.88. The van der Waals surface area contributed by atoms with Gasteiger partial charge in [-0.2, -0.15) is 0 Å². The van der Waals surface area contributed by atoms with E-state index in [0.29, 0.717) is 25.3 Å². The van der Waals surface area contributed by atoms with Crippen LogP contribution < -0.4 is 5.43 Å². The Labute approximate surface area is 93.0 Å². The van der Waals surface area contributed by atoms with Crippen LogP contribution >= 0.6 is 0 Å². The summed E-state index contributed by atoms with van der Waals surface area (Å²) in [5.74, 6) is -1.09. The fourth-order valence-corrected chi connectivity index (χ4v) is 1.64. The van der Waals surface area contributed by atoms with Crippen molar-refractivity contribution in [2.24, 2.45) is 0 Å². The highest BCUT2D eigenvalue weighted by Crippen LogP contribution is 2.08. The zero-order chi connectivity index (χ0) is 11.4. The maximum absolute atomic E-state index is 12.9. The Morgan fingerprint density at radius 1 is 1.12 bits per heavy atom. The van der Waals surface area contributed by atoms with Crippen LogP contribution in [0.5, 0.6) is 0 Å². The summed E-state index contributed by atoms with van der Waals surface area (Å²) in [6.45, 7) is 3.37. The number of nitrogens with one attached hydrogen (secondary N) is 1. The second-order valence-corrected chi connectivity index (χ2v) is 3.71. The molecule has 0 radical (unpaired) electrons. The molecule has 16 heavy (non-hydrogen) atoms. The van der Waals surface area contributed by atoms with Gasteiger partial charge in [0.05, 0.1) is 13.2 Å². The monoisotopic (exact) mass is 228 g/mol. The Balaban J connectivity index is 1.88. The Kier molecular flexibility index (Phi) is 3.82. The lowest BCUT2D eigenvalue weighted by Gasteiger charge is -2.27. The number of hydrazine groups is 1. The number of ether oxygens (including phenoxy) is 1. The number of rotatable bonds is 3. The van der Waals surface area contributed by atoms with Crippen LogP contribution in [0.1, 0.15) is 5.56 Å². The van der Waals surface area contributed by atoms with Gasteiger partial charge in [-0.3, -0.25) is 5.43 Å². The lowest BCUT2D eigenvalue weighted by molar-refractivity contribution is 0.0105. The predicted octanol–water partition coefficient (Wildman–Crippen LogP) is 1.30. The van der Waals surface area contributed by atoms with Gasteiger partial charge in [0.15, 0.2) is 0 Å². The average molecular weight is 228 g/mol. The smallest absolute Gasteiger partial charge is 0.126 e. The van der Waals surface area contributed by atoms with E-state index in [1.807, 2.05) is 5.01 Å². The van der Waals surface area contributed by atoms with Crippen LogP contribution in [0.2, 0.25) is 0 Å². The molecule has 1 aliphatic heterocycles. The molecule has 0 aliphatic carbocycles. The number of morpholine rings is 1. The minimum Gasteiger partial charge on any atom is -0.379 e. The van der Waals surface area contributed by atoms with Gasteiger partial charge in [-0.25, -0.2) is 13.8 Å². The van der Waals surface area contributed by atoms with Crippen molar-refractivity contribution >= 4 is 0 Å². The molecule has 0 aromatic heterocycles. The van der Waals surface area contributed by atoms with Crippen molar-refractivity contribution in [3.63, 3.8) is 0 Å². The summed E-state index contributed by atoms with van der Waals surface area (Å²) in [4.78, 5) is 0. The SMILES string of the molecule is Fc1cc(F)cc(CNN2CCOCC2)c1. The third kappa shape index (κ3) is 3.23. The quantitative estimate of drug-likeness (QED) is 0.844. The van der Waals surface area contributed by atoms with E-state index in [9.17, 15) is 8.78 Å². The molecule has 2 rings (SSSR count). The van der Waals surface area contributed by atoms with E-state index in [-0.39, 0.29) is 0 Å². The van der Waals surface area contributed by atoms with Crippen LogP contribution in [0, 0.1) is 11.6 Å². The number of hydrogen-bond acceptors (Lipinski definition) is 3. The molecule has 0 atom stereocenters. The summed E-state index contributed by atoms with van der Waals surface area (Å²) in [6, 6.07) is 3.53. The minimum atomic E-state index is -0.543. The fraction of sp³-hybridized carbons (Fsp3) is 0.455. The highest BCUT2D eigenvalue weighted by molar-refractivity contribution is 5.17. The molecule has 0 unspecified atom stereocenters. The molecular formula is C11H14F2N2O. The van der Waals surface area contributed by atoms with Gasteiger partial charge in [0, 0.05) is 25.7 Å². The molecule has 0 bridgehead atoms. The Morgan fingerprint density at radius 3 is 2.38 bits per heavy atom. The molecule has 3 nitrogen and oxygen atoms in total. The van der Waals surface area contributed by atoms with Crippen LogP contribution in [0.4, 0.5) is 8.78 Å². The maximum Gasteiger partial charge on any atom is 0.126 e. The van der Waals surface area contributed by atoms with Crippen LogP contribution in [0.15, 0.2) is 18.2 Å². The molecule has 88 valence electrons. The average Bonchev–Trinajstić information content (AvgIpc) is 2.27. The van der Waals surface area contributed by atoms with Gasteiger partial charge in [-0.1, -0.05) is 0 Å². The summed E-state index contributed by atoms with van der Waals surface area (Å²) in [5, 5.41) is 1.99. The fourth-order valence-electron chi connectivity index (χ4n) is 1.64. The van der Waals surface area contributed by atoms with Crippen LogP contribution in [-0.2, 0) is 11.3 Å². The first kappa shape index (κ1) is 11.4. The largest absolute Gasteiger partial charge is 0.379 e. The summed E-state index contributed by atoms with van der Waals surface area (Å²) >= 11 is 0. The van der Waals surface area contributed by atoms with Crippen molar-refractivity contribution in [1.29, 1.82) is 0 Å². The molecule has 1 aromatic carbocycles. The van der Waals surface area contributed by atoms with Crippen LogP contribution in [0.25, 0.3) is 0 Å². The highest BCUT2D eigenvalue weighted by Gasteiger charge is 2.09. The number of halogens is 2. The van der Waals surface area contributed by atoms with E-state index in [4.69, 9.17) is 4.74 Å². The van der Waals surface area contributed by atoms with Crippen molar-refractivity contribution in [1.82, 2.24) is 10.4 Å². The minimum absolute atomic E-state index is 0.425. The first-order chi connectivity index (χ1) is 7.74. The summed E-state index contributed by atoms with van der Waals surface area (Å²) in [7, 11) is 0. The van der Waals surface area contributed by atoms with Gasteiger partial charge in [0.2, 0.25) is 0 Å². The Bertz CT molecular complexity index is 334. The topological polar surface area (TPSA) is 24.5 Å². The van der Waals surface area contributed by atoms with Gasteiger partial charge >= 0.3 is 0 Å². The van der Waals surface area contributed by atoms with Gasteiger partial charge in [-0.05, 0) is 17.7 Å². The van der Waals surface area contributed by atoms with Crippen molar-refractivity contribution in [2.75, 3.05) is 26.3 Å². The molecule has 1 N–H and O–H groups in total. The van der Waals surface area contributed by atoms with Crippen molar-refractivity contribution in [3.05, 3.63) is 35.4 Å². The normalized spacial score (nSPS) is 17.6. The molecule has 0 saturated carbocycles. The predicted molar refractivity (Wildman–Crippen MR) is 55.6 cm³/mol. The summed E-state index contributed by atoms with van der Waals surface area (Å²) in [6.07, 6.45) is 0. The number of nitrogens with zero attached hydrogens (tertiary/aromatic N) is 1. The van der Waals surface area contributed by atoms with E-state index >= 15 is 0 Å². The molecule has 0 spiro atoms. The third-order valence-corrected chi connectivity index (χ3v) is 2.44. The number of benzene rings is 1. The Morgan fingerprint density at radius 2 is 1.75 bits per heavy atom. The molecule has 1 aromatic rings. The van der Waals surface area contributed by atoms with E-state index in [1.165, 1.54) is 12.1 Å².